The van der Waals surface area contributed by atoms with Gasteiger partial charge < -0.3 is 9.47 Å². The molecule has 0 radical (unpaired) electrons. The van der Waals surface area contributed by atoms with Crippen molar-refractivity contribution in [3.8, 4) is 16.9 Å². The largest absolute Gasteiger partial charge is 0.490 e. The highest BCUT2D eigenvalue weighted by Crippen LogP contribution is 2.24. The number of esters is 1. The molecule has 4 nitrogen and oxygen atoms in total. The van der Waals surface area contributed by atoms with E-state index in [0.29, 0.717) is 18.0 Å². The topological polar surface area (TPSA) is 39.9 Å². The third-order valence-electron chi connectivity index (χ3n) is 2.95. The van der Waals surface area contributed by atoms with Crippen LogP contribution in [-0.4, -0.2) is 19.2 Å². The van der Waals surface area contributed by atoms with Gasteiger partial charge in [0.05, 0.1) is 6.57 Å². The first-order valence-electron chi connectivity index (χ1n) is 6.73. The van der Waals surface area contributed by atoms with Gasteiger partial charge in [0.2, 0.25) is 0 Å². The molecule has 0 heterocycles. The van der Waals surface area contributed by atoms with E-state index >= 15 is 0 Å². The molecule has 0 fully saturated rings. The summed E-state index contributed by atoms with van der Waals surface area (Å²) >= 11 is 0. The minimum atomic E-state index is -0.457. The maximum absolute atomic E-state index is 10.9. The fourth-order valence-corrected chi connectivity index (χ4v) is 1.83. The minimum Gasteiger partial charge on any atom is -0.490 e. The highest BCUT2D eigenvalue weighted by atomic mass is 16.6. The second kappa shape index (κ2) is 7.65. The fraction of sp³-hybridized carbons (Fsp3) is 0.111. The third-order valence-corrected chi connectivity index (χ3v) is 2.95. The lowest BCUT2D eigenvalue weighted by molar-refractivity contribution is -0.138. The third kappa shape index (κ3) is 4.22. The second-order valence-corrected chi connectivity index (χ2v) is 4.40. The molecule has 0 aromatic heterocycles. The Labute approximate surface area is 129 Å². The van der Waals surface area contributed by atoms with Gasteiger partial charge in [-0.05, 0) is 23.3 Å². The summed E-state index contributed by atoms with van der Waals surface area (Å²) in [6, 6.07) is 15.0. The molecule has 2 aromatic rings. The highest BCUT2D eigenvalue weighted by Gasteiger charge is 2.00. The summed E-state index contributed by atoms with van der Waals surface area (Å²) in [6.45, 7) is 10.7. The zero-order chi connectivity index (χ0) is 15.8. The Kier molecular flexibility index (Phi) is 5.33. The van der Waals surface area contributed by atoms with E-state index in [1.54, 1.807) is 12.1 Å². The number of ether oxygens (including phenoxy) is 2. The Morgan fingerprint density at radius 2 is 1.64 bits per heavy atom. The number of nitrogens with zero attached hydrogens (tertiary/aromatic N) is 1. The van der Waals surface area contributed by atoms with Crippen LogP contribution in [0.5, 0.6) is 5.75 Å². The zero-order valence-electron chi connectivity index (χ0n) is 12.0. The molecule has 0 atom stereocenters. The van der Waals surface area contributed by atoms with Crippen molar-refractivity contribution >= 4 is 11.7 Å². The molecule has 0 aliphatic carbocycles. The van der Waals surface area contributed by atoms with E-state index < -0.39 is 5.97 Å². The molecular weight excluding hydrogens is 278 g/mol. The Morgan fingerprint density at radius 3 is 2.18 bits per heavy atom. The molecule has 22 heavy (non-hydrogen) atoms. The van der Waals surface area contributed by atoms with Crippen LogP contribution in [0.4, 0.5) is 5.69 Å². The first-order chi connectivity index (χ1) is 10.7. The van der Waals surface area contributed by atoms with E-state index in [1.807, 2.05) is 36.4 Å². The molecule has 0 aliphatic rings. The molecule has 0 aliphatic heterocycles. The lowest BCUT2D eigenvalue weighted by Gasteiger charge is -2.07. The van der Waals surface area contributed by atoms with Gasteiger partial charge in [-0.25, -0.2) is 9.64 Å². The number of hydrogen-bond acceptors (Lipinski definition) is 3. The molecule has 2 rings (SSSR count). The van der Waals surface area contributed by atoms with Crippen molar-refractivity contribution < 1.29 is 14.3 Å². The maximum atomic E-state index is 10.9. The molecule has 0 N–H and O–H groups in total. The zero-order valence-corrected chi connectivity index (χ0v) is 12.0. The van der Waals surface area contributed by atoms with E-state index in [4.69, 9.17) is 16.0 Å². The van der Waals surface area contributed by atoms with Gasteiger partial charge in [-0.1, -0.05) is 43.0 Å². The van der Waals surface area contributed by atoms with Crippen molar-refractivity contribution in [1.82, 2.24) is 0 Å². The summed E-state index contributed by atoms with van der Waals surface area (Å²) in [4.78, 5) is 14.2. The number of rotatable bonds is 6. The van der Waals surface area contributed by atoms with Crippen molar-refractivity contribution in [1.29, 1.82) is 0 Å². The van der Waals surface area contributed by atoms with Gasteiger partial charge >= 0.3 is 5.97 Å². The molecule has 0 unspecified atom stereocenters. The summed E-state index contributed by atoms with van der Waals surface area (Å²) in [5, 5.41) is 0. The van der Waals surface area contributed by atoms with Gasteiger partial charge in [0.1, 0.15) is 19.0 Å². The van der Waals surface area contributed by atoms with Crippen molar-refractivity contribution in [2.24, 2.45) is 0 Å². The van der Waals surface area contributed by atoms with Crippen molar-refractivity contribution in [2.45, 2.75) is 0 Å². The number of hydrogen-bond donors (Lipinski definition) is 0. The molecule has 4 heteroatoms. The smallest absolute Gasteiger partial charge is 0.330 e. The van der Waals surface area contributed by atoms with Crippen LogP contribution in [0.2, 0.25) is 0 Å². The first-order valence-corrected chi connectivity index (χ1v) is 6.73. The van der Waals surface area contributed by atoms with Crippen LogP contribution in [0.3, 0.4) is 0 Å². The van der Waals surface area contributed by atoms with E-state index in [-0.39, 0.29) is 6.61 Å². The summed E-state index contributed by atoms with van der Waals surface area (Å²) in [5.74, 6) is 0.248. The fourth-order valence-electron chi connectivity index (χ4n) is 1.83. The van der Waals surface area contributed by atoms with Crippen LogP contribution >= 0.6 is 0 Å². The van der Waals surface area contributed by atoms with Crippen LogP contribution in [-0.2, 0) is 9.53 Å². The van der Waals surface area contributed by atoms with Crippen molar-refractivity contribution in [3.63, 3.8) is 0 Å². The van der Waals surface area contributed by atoms with Gasteiger partial charge in [-0.15, -0.1) is 0 Å². The van der Waals surface area contributed by atoms with Gasteiger partial charge in [-0.3, -0.25) is 0 Å². The molecule has 0 amide bonds. The Balaban J connectivity index is 1.91. The van der Waals surface area contributed by atoms with E-state index in [1.165, 1.54) is 0 Å². The van der Waals surface area contributed by atoms with Crippen LogP contribution in [0.1, 0.15) is 0 Å². The predicted octanol–water partition coefficient (Wildman–Crippen LogP) is 4.01. The standard InChI is InChI=1S/C18H15NO3/c1-3-18(20)22-13-12-21-17-10-6-15(7-11-17)14-4-8-16(19-2)9-5-14/h3-11H,1,12-13H2. The van der Waals surface area contributed by atoms with E-state index in [9.17, 15) is 4.79 Å². The SMILES string of the molecule is [C-]#[N+]c1ccc(-c2ccc(OCCOC(=O)C=C)cc2)cc1. The molecule has 110 valence electrons. The summed E-state index contributed by atoms with van der Waals surface area (Å²) in [7, 11) is 0. The van der Waals surface area contributed by atoms with Crippen molar-refractivity contribution in [2.75, 3.05) is 13.2 Å². The number of benzene rings is 2. The second-order valence-electron chi connectivity index (χ2n) is 4.40. The summed E-state index contributed by atoms with van der Waals surface area (Å²) < 4.78 is 10.3. The Morgan fingerprint density at radius 1 is 1.05 bits per heavy atom. The Hall–Kier alpha value is -3.06. The molecule has 2 aromatic carbocycles. The summed E-state index contributed by atoms with van der Waals surface area (Å²) in [6.07, 6.45) is 1.12. The molecule has 0 saturated heterocycles. The minimum absolute atomic E-state index is 0.185. The highest BCUT2D eigenvalue weighted by molar-refractivity contribution is 5.81. The lowest BCUT2D eigenvalue weighted by atomic mass is 10.1. The predicted molar refractivity (Wildman–Crippen MR) is 84.8 cm³/mol. The quantitative estimate of drug-likeness (QED) is 0.349. The Bertz CT molecular complexity index is 682. The molecule has 0 spiro atoms. The molecular formula is C18H15NO3. The average Bonchev–Trinajstić information content (AvgIpc) is 2.59. The number of carbonyl (C=O) groups excluding carboxylic acids is 1. The molecule has 0 bridgehead atoms. The number of carbonyl (C=O) groups is 1. The van der Waals surface area contributed by atoms with Gasteiger partial charge in [0, 0.05) is 6.08 Å². The first kappa shape index (κ1) is 15.3. The van der Waals surface area contributed by atoms with Crippen LogP contribution in [0, 0.1) is 6.57 Å². The normalized spacial score (nSPS) is 9.59. The van der Waals surface area contributed by atoms with Gasteiger partial charge in [-0.2, -0.15) is 0 Å². The van der Waals surface area contributed by atoms with Crippen LogP contribution in [0.25, 0.3) is 16.0 Å². The summed E-state index contributed by atoms with van der Waals surface area (Å²) in [5.41, 5.74) is 2.71. The molecule has 0 saturated carbocycles. The average molecular weight is 293 g/mol. The van der Waals surface area contributed by atoms with Gasteiger partial charge in [0.15, 0.2) is 5.69 Å². The monoisotopic (exact) mass is 293 g/mol. The van der Waals surface area contributed by atoms with Crippen LogP contribution in [0.15, 0.2) is 61.2 Å². The van der Waals surface area contributed by atoms with E-state index in [0.717, 1.165) is 17.2 Å². The maximum Gasteiger partial charge on any atom is 0.330 e. The lowest BCUT2D eigenvalue weighted by Crippen LogP contribution is -2.10. The van der Waals surface area contributed by atoms with Gasteiger partial charge in [0.25, 0.3) is 0 Å². The van der Waals surface area contributed by atoms with E-state index in [2.05, 4.69) is 11.4 Å². The van der Waals surface area contributed by atoms with Crippen LogP contribution < -0.4 is 4.74 Å². The van der Waals surface area contributed by atoms with Crippen molar-refractivity contribution in [3.05, 3.63) is 72.6 Å².